The second-order valence-corrected chi connectivity index (χ2v) is 8.64. The molecule has 170 valence electrons. The van der Waals surface area contributed by atoms with E-state index in [0.717, 1.165) is 40.0 Å². The van der Waals surface area contributed by atoms with Crippen LogP contribution in [0.3, 0.4) is 0 Å². The summed E-state index contributed by atoms with van der Waals surface area (Å²) in [7, 11) is 1.67. The summed E-state index contributed by atoms with van der Waals surface area (Å²) in [4.78, 5) is 15.8. The molecule has 1 aromatic heterocycles. The second-order valence-electron chi connectivity index (χ2n) is 7.86. The predicted octanol–water partition coefficient (Wildman–Crippen LogP) is 5.39. The van der Waals surface area contributed by atoms with Crippen LogP contribution in [0.2, 0.25) is 0 Å². The third kappa shape index (κ3) is 5.66. The summed E-state index contributed by atoms with van der Waals surface area (Å²) >= 11 is 1.61. The minimum Gasteiger partial charge on any atom is -0.507 e. The number of ether oxygens (including phenoxy) is 2. The first kappa shape index (κ1) is 23.8. The zero-order chi connectivity index (χ0) is 23.1. The summed E-state index contributed by atoms with van der Waals surface area (Å²) in [5.41, 5.74) is 4.71. The van der Waals surface area contributed by atoms with Gasteiger partial charge in [0.05, 0.1) is 6.61 Å². The third-order valence-electron chi connectivity index (χ3n) is 5.25. The van der Waals surface area contributed by atoms with Gasteiger partial charge in [-0.15, -0.1) is 0 Å². The highest BCUT2D eigenvalue weighted by molar-refractivity contribution is 7.08. The highest BCUT2D eigenvalue weighted by atomic mass is 32.1. The van der Waals surface area contributed by atoms with Gasteiger partial charge in [0.15, 0.2) is 0 Å². The van der Waals surface area contributed by atoms with Gasteiger partial charge in [0, 0.05) is 38.5 Å². The number of hydrogen-bond donors (Lipinski definition) is 2. The molecule has 0 atom stereocenters. The van der Waals surface area contributed by atoms with Crippen molar-refractivity contribution < 1.29 is 24.5 Å². The van der Waals surface area contributed by atoms with E-state index in [-0.39, 0.29) is 17.3 Å². The molecule has 0 saturated heterocycles. The standard InChI is InChI=1S/C25H29NO5S/c1-16(2)19-13-23(27)22(25(28)29)14-26-7-5-17-11-24(31-9-4-8-30-3)21(12-20(17)19)18-6-10-32-15-18/h6,10-16,27H,4-5,7-9H2,1-3H3,(H,28,29)/b19-13+,23-22?,26-14?. The number of aliphatic hydroxyl groups excluding tert-OH is 1. The quantitative estimate of drug-likeness (QED) is 0.521. The number of aliphatic carboxylic acids is 1. The lowest BCUT2D eigenvalue weighted by Crippen LogP contribution is -2.10. The van der Waals surface area contributed by atoms with E-state index in [0.29, 0.717) is 26.2 Å². The molecule has 0 bridgehead atoms. The molecule has 0 radical (unpaired) electrons. The lowest BCUT2D eigenvalue weighted by molar-refractivity contribution is -0.132. The van der Waals surface area contributed by atoms with E-state index >= 15 is 0 Å². The van der Waals surface area contributed by atoms with Crippen LogP contribution in [-0.4, -0.2) is 49.3 Å². The molecule has 0 unspecified atom stereocenters. The number of carbonyl (C=O) groups is 1. The predicted molar refractivity (Wildman–Crippen MR) is 129 cm³/mol. The Morgan fingerprint density at radius 2 is 2.06 bits per heavy atom. The van der Waals surface area contributed by atoms with Gasteiger partial charge < -0.3 is 19.7 Å². The molecule has 32 heavy (non-hydrogen) atoms. The molecule has 6 nitrogen and oxygen atoms in total. The molecule has 3 rings (SSSR count). The first-order chi connectivity index (χ1) is 15.4. The maximum Gasteiger partial charge on any atom is 0.341 e. The van der Waals surface area contributed by atoms with Crippen molar-refractivity contribution in [1.29, 1.82) is 0 Å². The molecular formula is C25H29NO5S. The van der Waals surface area contributed by atoms with Crippen molar-refractivity contribution in [1.82, 2.24) is 0 Å². The van der Waals surface area contributed by atoms with Crippen LogP contribution >= 0.6 is 11.3 Å². The van der Waals surface area contributed by atoms with E-state index in [4.69, 9.17) is 9.47 Å². The topological polar surface area (TPSA) is 88.3 Å². The van der Waals surface area contributed by atoms with Crippen molar-refractivity contribution in [2.45, 2.75) is 26.7 Å². The number of aliphatic hydroxyl groups is 1. The summed E-state index contributed by atoms with van der Waals surface area (Å²) in [5.74, 6) is -0.639. The number of nitrogens with zero attached hydrogens (tertiary/aromatic N) is 1. The second kappa shape index (κ2) is 11.1. The first-order valence-electron chi connectivity index (χ1n) is 10.6. The van der Waals surface area contributed by atoms with Crippen molar-refractivity contribution in [2.75, 3.05) is 26.9 Å². The van der Waals surface area contributed by atoms with Crippen LogP contribution in [0.25, 0.3) is 16.7 Å². The molecule has 0 amide bonds. The molecule has 0 saturated carbocycles. The van der Waals surface area contributed by atoms with E-state index in [1.165, 1.54) is 6.21 Å². The van der Waals surface area contributed by atoms with Gasteiger partial charge in [-0.05, 0) is 69.6 Å². The largest absolute Gasteiger partial charge is 0.507 e. The van der Waals surface area contributed by atoms with Crippen molar-refractivity contribution in [3.05, 3.63) is 57.5 Å². The number of methoxy groups -OCH3 is 1. The molecule has 1 aromatic carbocycles. The monoisotopic (exact) mass is 455 g/mol. The molecule has 2 heterocycles. The summed E-state index contributed by atoms with van der Waals surface area (Å²) < 4.78 is 11.3. The smallest absolute Gasteiger partial charge is 0.341 e. The highest BCUT2D eigenvalue weighted by Gasteiger charge is 2.20. The van der Waals surface area contributed by atoms with Crippen molar-refractivity contribution in [2.24, 2.45) is 10.9 Å². The van der Waals surface area contributed by atoms with Crippen LogP contribution in [0.4, 0.5) is 0 Å². The van der Waals surface area contributed by atoms with E-state index < -0.39 is 5.97 Å². The van der Waals surface area contributed by atoms with Crippen LogP contribution in [-0.2, 0) is 16.0 Å². The number of benzene rings is 1. The number of rotatable bonds is 8. The van der Waals surface area contributed by atoms with Crippen LogP contribution in [0, 0.1) is 5.92 Å². The summed E-state index contributed by atoms with van der Waals surface area (Å²) in [6.07, 6.45) is 4.20. The highest BCUT2D eigenvalue weighted by Crippen LogP contribution is 2.39. The van der Waals surface area contributed by atoms with Gasteiger partial charge in [0.25, 0.3) is 0 Å². The lowest BCUT2D eigenvalue weighted by Gasteiger charge is -2.21. The van der Waals surface area contributed by atoms with E-state index in [9.17, 15) is 15.0 Å². The number of allylic oxidation sites excluding steroid dienone is 2. The van der Waals surface area contributed by atoms with Crippen molar-refractivity contribution in [3.63, 3.8) is 0 Å². The number of aliphatic imine (C=N–C) groups is 1. The van der Waals surface area contributed by atoms with E-state index in [1.54, 1.807) is 24.5 Å². The number of carboxylic acids is 1. The number of carboxylic acid groups (broad SMARTS) is 1. The molecule has 7 heteroatoms. The SMILES string of the molecule is COCCCOc1cc2c(cc1-c1ccsc1)/C(C(C)C)=C/C(O)=C(C(=O)O)C=NCC2. The number of fused-ring (bicyclic) bond motifs is 1. The van der Waals surface area contributed by atoms with Crippen LogP contribution in [0.15, 0.2) is 51.4 Å². The van der Waals surface area contributed by atoms with E-state index in [2.05, 4.69) is 28.6 Å². The zero-order valence-corrected chi connectivity index (χ0v) is 19.4. The summed E-state index contributed by atoms with van der Waals surface area (Å²) in [6, 6.07) is 6.20. The number of hydrogen-bond acceptors (Lipinski definition) is 6. The Bertz CT molecular complexity index is 1030. The van der Waals surface area contributed by atoms with Gasteiger partial charge in [-0.3, -0.25) is 4.99 Å². The molecule has 1 aliphatic heterocycles. The molecule has 2 aromatic rings. The Morgan fingerprint density at radius 3 is 2.72 bits per heavy atom. The molecule has 0 aliphatic carbocycles. The van der Waals surface area contributed by atoms with Gasteiger partial charge in [0.1, 0.15) is 17.1 Å². The van der Waals surface area contributed by atoms with Crippen LogP contribution in [0.5, 0.6) is 5.75 Å². The maximum absolute atomic E-state index is 11.6. The average Bonchev–Trinajstić information content (AvgIpc) is 3.29. The Kier molecular flexibility index (Phi) is 8.25. The van der Waals surface area contributed by atoms with Crippen LogP contribution < -0.4 is 4.74 Å². The Balaban J connectivity index is 2.17. The Hall–Kier alpha value is -2.90. The molecular weight excluding hydrogens is 426 g/mol. The molecule has 1 aliphatic rings. The normalized spacial score (nSPS) is 15.9. The molecule has 0 fully saturated rings. The molecule has 2 N–H and O–H groups in total. The fraction of sp³-hybridized carbons (Fsp3) is 0.360. The fourth-order valence-electron chi connectivity index (χ4n) is 3.60. The first-order valence-corrected chi connectivity index (χ1v) is 11.6. The number of thiophene rings is 1. The minimum atomic E-state index is -1.20. The van der Waals surface area contributed by atoms with Crippen LogP contribution in [0.1, 0.15) is 31.4 Å². The zero-order valence-electron chi connectivity index (χ0n) is 18.6. The van der Waals surface area contributed by atoms with Crippen molar-refractivity contribution >= 4 is 29.1 Å². The third-order valence-corrected chi connectivity index (χ3v) is 5.93. The molecule has 0 spiro atoms. The van der Waals surface area contributed by atoms with Gasteiger partial charge in [-0.2, -0.15) is 11.3 Å². The van der Waals surface area contributed by atoms with E-state index in [1.807, 2.05) is 19.2 Å². The maximum atomic E-state index is 11.6. The van der Waals surface area contributed by atoms with Gasteiger partial charge >= 0.3 is 5.97 Å². The van der Waals surface area contributed by atoms with Gasteiger partial charge in [-0.1, -0.05) is 13.8 Å². The Morgan fingerprint density at radius 1 is 1.25 bits per heavy atom. The van der Waals surface area contributed by atoms with Gasteiger partial charge in [-0.25, -0.2) is 4.79 Å². The minimum absolute atomic E-state index is 0.0612. The average molecular weight is 456 g/mol. The fourth-order valence-corrected chi connectivity index (χ4v) is 4.25. The Labute approximate surface area is 192 Å². The summed E-state index contributed by atoms with van der Waals surface area (Å²) in [5, 5.41) is 24.1. The summed E-state index contributed by atoms with van der Waals surface area (Å²) in [6.45, 7) is 5.64. The lowest BCUT2D eigenvalue weighted by atomic mass is 9.87. The van der Waals surface area contributed by atoms with Gasteiger partial charge in [0.2, 0.25) is 0 Å². The van der Waals surface area contributed by atoms with Crippen molar-refractivity contribution in [3.8, 4) is 16.9 Å².